The van der Waals surface area contributed by atoms with Crippen LogP contribution in [0.4, 0.5) is 0 Å². The molecule has 1 heterocycles. The molecule has 10 heavy (non-hydrogen) atoms. The molecule has 1 aromatic rings. The van der Waals surface area contributed by atoms with Gasteiger partial charge in [-0.3, -0.25) is 9.89 Å². The summed E-state index contributed by atoms with van der Waals surface area (Å²) in [7, 11) is 1.61. The highest BCUT2D eigenvalue weighted by molar-refractivity contribution is 5.02. The van der Waals surface area contributed by atoms with Gasteiger partial charge in [0.15, 0.2) is 0 Å². The van der Waals surface area contributed by atoms with Gasteiger partial charge in [0.1, 0.15) is 0 Å². The summed E-state index contributed by atoms with van der Waals surface area (Å²) in [6.07, 6.45) is 2.32. The Morgan fingerprint density at radius 3 is 3.00 bits per heavy atom. The predicted octanol–water partition coefficient (Wildman–Crippen LogP) is -0.108. The number of ether oxygens (including phenoxy) is 1. The largest absolute Gasteiger partial charge is 0.384 e. The minimum Gasteiger partial charge on any atom is -0.384 e. The fraction of sp³-hybridized carbons (Fsp3) is 0.500. The lowest BCUT2D eigenvalue weighted by molar-refractivity contribution is 0.202. The summed E-state index contributed by atoms with van der Waals surface area (Å²) in [4.78, 5) is 10.8. The van der Waals surface area contributed by atoms with Crippen molar-refractivity contribution in [2.45, 2.75) is 6.42 Å². The lowest BCUT2D eigenvalue weighted by atomic mass is 10.3. The second-order valence-electron chi connectivity index (χ2n) is 2.01. The van der Waals surface area contributed by atoms with E-state index in [1.165, 1.54) is 0 Å². The Morgan fingerprint density at radius 1 is 1.70 bits per heavy atom. The third-order valence-corrected chi connectivity index (χ3v) is 1.30. The summed E-state index contributed by atoms with van der Waals surface area (Å²) in [6, 6.07) is 0. The zero-order valence-electron chi connectivity index (χ0n) is 5.81. The maximum atomic E-state index is 10.8. The Morgan fingerprint density at radius 2 is 2.50 bits per heavy atom. The summed E-state index contributed by atoms with van der Waals surface area (Å²) in [5.74, 6) is 0. The molecular formula is C6H10N2O2. The molecule has 0 radical (unpaired) electrons. The standard InChI is InChI=1S/C6H10N2O2/c1-10-3-2-5-4-7-8-6(5)9/h4H,2-3H2,1H3,(H2,7,8,9). The summed E-state index contributed by atoms with van der Waals surface area (Å²) < 4.78 is 4.80. The number of hydrogen-bond donors (Lipinski definition) is 2. The number of aromatic nitrogens is 2. The summed E-state index contributed by atoms with van der Waals surface area (Å²) >= 11 is 0. The third kappa shape index (κ3) is 1.48. The Bertz CT molecular complexity index is 238. The molecule has 56 valence electrons. The molecule has 0 aliphatic heterocycles. The Balaban J connectivity index is 2.57. The maximum Gasteiger partial charge on any atom is 0.267 e. The van der Waals surface area contributed by atoms with Crippen LogP contribution in [0.3, 0.4) is 0 Å². The molecule has 0 atom stereocenters. The van der Waals surface area contributed by atoms with Crippen molar-refractivity contribution >= 4 is 0 Å². The van der Waals surface area contributed by atoms with Gasteiger partial charge in [-0.05, 0) is 0 Å². The summed E-state index contributed by atoms with van der Waals surface area (Å²) in [5.41, 5.74) is 0.680. The number of H-pyrrole nitrogens is 2. The van der Waals surface area contributed by atoms with Crippen LogP contribution in [0.15, 0.2) is 11.0 Å². The average Bonchev–Trinajstić information content (AvgIpc) is 2.31. The minimum atomic E-state index is -0.0583. The van der Waals surface area contributed by atoms with Crippen LogP contribution in [0, 0.1) is 0 Å². The van der Waals surface area contributed by atoms with Crippen molar-refractivity contribution in [3.05, 3.63) is 22.1 Å². The molecule has 4 heteroatoms. The Kier molecular flexibility index (Phi) is 2.28. The average molecular weight is 142 g/mol. The van der Waals surface area contributed by atoms with E-state index in [1.807, 2.05) is 0 Å². The fourth-order valence-corrected chi connectivity index (χ4v) is 0.732. The Hall–Kier alpha value is -1.03. The van der Waals surface area contributed by atoms with E-state index in [0.29, 0.717) is 13.0 Å². The highest BCUT2D eigenvalue weighted by Gasteiger charge is 1.97. The van der Waals surface area contributed by atoms with Crippen molar-refractivity contribution < 1.29 is 4.74 Å². The Labute approximate surface area is 58.2 Å². The molecule has 4 nitrogen and oxygen atoms in total. The predicted molar refractivity (Wildman–Crippen MR) is 37.0 cm³/mol. The molecule has 0 spiro atoms. The van der Waals surface area contributed by atoms with Crippen LogP contribution in [0.25, 0.3) is 0 Å². The van der Waals surface area contributed by atoms with Gasteiger partial charge in [-0.25, -0.2) is 0 Å². The van der Waals surface area contributed by atoms with Gasteiger partial charge in [0, 0.05) is 25.3 Å². The zero-order valence-corrected chi connectivity index (χ0v) is 5.81. The van der Waals surface area contributed by atoms with Crippen molar-refractivity contribution in [2.75, 3.05) is 13.7 Å². The van der Waals surface area contributed by atoms with E-state index in [9.17, 15) is 4.79 Å². The molecule has 0 aliphatic carbocycles. The van der Waals surface area contributed by atoms with Gasteiger partial charge in [-0.15, -0.1) is 0 Å². The number of methoxy groups -OCH3 is 1. The molecule has 1 rings (SSSR count). The van der Waals surface area contributed by atoms with Gasteiger partial charge in [-0.1, -0.05) is 0 Å². The van der Waals surface area contributed by atoms with Crippen molar-refractivity contribution in [3.63, 3.8) is 0 Å². The first-order chi connectivity index (χ1) is 4.84. The van der Waals surface area contributed by atoms with E-state index >= 15 is 0 Å². The number of aromatic amines is 2. The topological polar surface area (TPSA) is 57.9 Å². The van der Waals surface area contributed by atoms with Crippen LogP contribution >= 0.6 is 0 Å². The van der Waals surface area contributed by atoms with Crippen LogP contribution < -0.4 is 5.56 Å². The molecule has 0 fully saturated rings. The van der Waals surface area contributed by atoms with Crippen LogP contribution in [-0.4, -0.2) is 23.9 Å². The van der Waals surface area contributed by atoms with Crippen LogP contribution in [0.2, 0.25) is 0 Å². The molecular weight excluding hydrogens is 132 g/mol. The van der Waals surface area contributed by atoms with Gasteiger partial charge in [0.2, 0.25) is 0 Å². The molecule has 0 saturated heterocycles. The maximum absolute atomic E-state index is 10.8. The second kappa shape index (κ2) is 3.22. The van der Waals surface area contributed by atoms with Crippen molar-refractivity contribution in [1.82, 2.24) is 10.2 Å². The number of hydrogen-bond acceptors (Lipinski definition) is 2. The van der Waals surface area contributed by atoms with Gasteiger partial charge in [0.25, 0.3) is 5.56 Å². The normalized spacial score (nSPS) is 10.1. The van der Waals surface area contributed by atoms with E-state index in [4.69, 9.17) is 4.74 Å². The monoisotopic (exact) mass is 142 g/mol. The van der Waals surface area contributed by atoms with E-state index in [1.54, 1.807) is 13.3 Å². The van der Waals surface area contributed by atoms with Crippen LogP contribution in [0.1, 0.15) is 5.56 Å². The van der Waals surface area contributed by atoms with Gasteiger partial charge in [-0.2, -0.15) is 0 Å². The smallest absolute Gasteiger partial charge is 0.267 e. The first-order valence-corrected chi connectivity index (χ1v) is 3.08. The molecule has 2 N–H and O–H groups in total. The minimum absolute atomic E-state index is 0.0583. The molecule has 0 aromatic carbocycles. The van der Waals surface area contributed by atoms with Gasteiger partial charge >= 0.3 is 0 Å². The third-order valence-electron chi connectivity index (χ3n) is 1.30. The summed E-state index contributed by atoms with van der Waals surface area (Å²) in [5, 5.41) is 5.06. The highest BCUT2D eigenvalue weighted by Crippen LogP contribution is 1.87. The van der Waals surface area contributed by atoms with E-state index < -0.39 is 0 Å². The lowest BCUT2D eigenvalue weighted by Crippen LogP contribution is -2.07. The van der Waals surface area contributed by atoms with Crippen LogP contribution in [-0.2, 0) is 11.2 Å². The van der Waals surface area contributed by atoms with Crippen molar-refractivity contribution in [1.29, 1.82) is 0 Å². The first-order valence-electron chi connectivity index (χ1n) is 3.08. The van der Waals surface area contributed by atoms with Crippen molar-refractivity contribution in [2.24, 2.45) is 0 Å². The molecule has 0 aliphatic rings. The quantitative estimate of drug-likeness (QED) is 0.618. The van der Waals surface area contributed by atoms with Gasteiger partial charge < -0.3 is 9.84 Å². The number of nitrogens with one attached hydrogen (secondary N) is 2. The number of rotatable bonds is 3. The molecule has 0 unspecified atom stereocenters. The van der Waals surface area contributed by atoms with E-state index in [-0.39, 0.29) is 5.56 Å². The summed E-state index contributed by atoms with van der Waals surface area (Å²) in [6.45, 7) is 0.584. The zero-order chi connectivity index (χ0) is 7.40. The van der Waals surface area contributed by atoms with Crippen LogP contribution in [0.5, 0.6) is 0 Å². The SMILES string of the molecule is COCCc1c[nH][nH]c1=O. The lowest BCUT2D eigenvalue weighted by Gasteiger charge is -1.91. The molecule has 0 bridgehead atoms. The second-order valence-corrected chi connectivity index (χ2v) is 2.01. The first kappa shape index (κ1) is 7.08. The highest BCUT2D eigenvalue weighted by atomic mass is 16.5. The molecule has 0 saturated carbocycles. The van der Waals surface area contributed by atoms with Gasteiger partial charge in [0.05, 0.1) is 6.61 Å². The molecule has 1 aromatic heterocycles. The van der Waals surface area contributed by atoms with E-state index in [2.05, 4.69) is 10.2 Å². The fourth-order valence-electron chi connectivity index (χ4n) is 0.732. The van der Waals surface area contributed by atoms with E-state index in [0.717, 1.165) is 5.56 Å². The van der Waals surface area contributed by atoms with Crippen molar-refractivity contribution in [3.8, 4) is 0 Å². The molecule has 0 amide bonds.